The van der Waals surface area contributed by atoms with Crippen LogP contribution in [0.1, 0.15) is 13.3 Å². The maximum absolute atomic E-state index is 11.4. The lowest BCUT2D eigenvalue weighted by atomic mass is 10.3. The van der Waals surface area contributed by atoms with Gasteiger partial charge in [-0.25, -0.2) is 8.42 Å². The van der Waals surface area contributed by atoms with Crippen LogP contribution in [-0.4, -0.2) is 44.3 Å². The number of benzene rings is 1. The number of carbonyl (C=O) groups excluding carboxylic acids is 1. The molecular weight excluding hydrogens is 298 g/mol. The van der Waals surface area contributed by atoms with Crippen LogP contribution in [0.15, 0.2) is 29.2 Å². The van der Waals surface area contributed by atoms with Gasteiger partial charge in [-0.15, -0.1) is 0 Å². The lowest BCUT2D eigenvalue weighted by Gasteiger charge is -2.10. The number of carboxylic acids is 1. The van der Waals surface area contributed by atoms with Gasteiger partial charge in [0.15, 0.2) is 9.84 Å². The third-order valence-electron chi connectivity index (χ3n) is 2.60. The quantitative estimate of drug-likeness (QED) is 0.756. The zero-order valence-electron chi connectivity index (χ0n) is 11.7. The van der Waals surface area contributed by atoms with Crippen molar-refractivity contribution in [3.8, 4) is 5.75 Å². The molecule has 0 spiro atoms. The van der Waals surface area contributed by atoms with E-state index >= 15 is 0 Å². The summed E-state index contributed by atoms with van der Waals surface area (Å²) in [5, 5.41) is 10.9. The van der Waals surface area contributed by atoms with E-state index in [2.05, 4.69) is 5.32 Å². The molecule has 8 heteroatoms. The van der Waals surface area contributed by atoms with Gasteiger partial charge in [0, 0.05) is 6.26 Å². The van der Waals surface area contributed by atoms with E-state index in [1.165, 1.54) is 31.2 Å². The van der Waals surface area contributed by atoms with E-state index in [0.717, 1.165) is 6.26 Å². The molecule has 0 bridgehead atoms. The Morgan fingerprint density at radius 2 is 1.86 bits per heavy atom. The normalized spacial score (nSPS) is 12.5. The van der Waals surface area contributed by atoms with E-state index in [1.54, 1.807) is 0 Å². The number of nitrogens with one attached hydrogen (secondary N) is 1. The van der Waals surface area contributed by atoms with Crippen LogP contribution in [0, 0.1) is 0 Å². The van der Waals surface area contributed by atoms with Crippen molar-refractivity contribution in [3.05, 3.63) is 24.3 Å². The molecule has 1 aromatic rings. The van der Waals surface area contributed by atoms with Crippen LogP contribution in [0.3, 0.4) is 0 Å². The van der Waals surface area contributed by atoms with E-state index in [-0.39, 0.29) is 17.9 Å². The Kier molecular flexibility index (Phi) is 5.71. The number of amides is 1. The first-order valence-corrected chi connectivity index (χ1v) is 8.04. The summed E-state index contributed by atoms with van der Waals surface area (Å²) < 4.78 is 27.8. The third kappa shape index (κ3) is 5.82. The first-order chi connectivity index (χ1) is 9.70. The van der Waals surface area contributed by atoms with Crippen LogP contribution in [0.5, 0.6) is 5.75 Å². The van der Waals surface area contributed by atoms with Gasteiger partial charge in [-0.3, -0.25) is 9.59 Å². The molecule has 21 heavy (non-hydrogen) atoms. The molecule has 1 rings (SSSR count). The minimum Gasteiger partial charge on any atom is -0.493 e. The van der Waals surface area contributed by atoms with E-state index in [9.17, 15) is 18.0 Å². The van der Waals surface area contributed by atoms with Gasteiger partial charge in [0.1, 0.15) is 11.8 Å². The minimum absolute atomic E-state index is 0.00540. The fourth-order valence-corrected chi connectivity index (χ4v) is 2.05. The van der Waals surface area contributed by atoms with Gasteiger partial charge in [0.2, 0.25) is 5.91 Å². The van der Waals surface area contributed by atoms with Crippen molar-refractivity contribution in [3.63, 3.8) is 0 Å². The first kappa shape index (κ1) is 17.0. The van der Waals surface area contributed by atoms with Crippen LogP contribution in [0.25, 0.3) is 0 Å². The van der Waals surface area contributed by atoms with Crippen molar-refractivity contribution >= 4 is 21.7 Å². The summed E-state index contributed by atoms with van der Waals surface area (Å²) in [5.41, 5.74) is 0. The molecule has 1 amide bonds. The standard InChI is InChI=1S/C13H17NO6S/c1-9(13(16)17)14-12(15)7-8-20-10-3-5-11(6-4-10)21(2,18)19/h3-6,9H,7-8H2,1-2H3,(H,14,15)(H,16,17)/t9-/m0/s1. The molecule has 0 fully saturated rings. The highest BCUT2D eigenvalue weighted by Gasteiger charge is 2.13. The molecule has 1 aromatic carbocycles. The Morgan fingerprint density at radius 3 is 2.33 bits per heavy atom. The second kappa shape index (κ2) is 7.07. The summed E-state index contributed by atoms with van der Waals surface area (Å²) in [5.74, 6) is -1.11. The third-order valence-corrected chi connectivity index (χ3v) is 3.73. The lowest BCUT2D eigenvalue weighted by molar-refractivity contribution is -0.141. The number of hydrogen-bond donors (Lipinski definition) is 2. The van der Waals surface area contributed by atoms with Crippen molar-refractivity contribution in [2.75, 3.05) is 12.9 Å². The highest BCUT2D eigenvalue weighted by Crippen LogP contribution is 2.15. The molecule has 0 aliphatic heterocycles. The molecule has 2 N–H and O–H groups in total. The molecule has 0 aliphatic carbocycles. The smallest absolute Gasteiger partial charge is 0.325 e. The molecule has 0 aliphatic rings. The van der Waals surface area contributed by atoms with Crippen LogP contribution in [0.2, 0.25) is 0 Å². The Balaban J connectivity index is 2.43. The summed E-state index contributed by atoms with van der Waals surface area (Å²) in [6, 6.07) is 4.86. The molecule has 0 saturated heterocycles. The Morgan fingerprint density at radius 1 is 1.29 bits per heavy atom. The van der Waals surface area contributed by atoms with E-state index in [1.807, 2.05) is 0 Å². The molecule has 1 atom stereocenters. The molecule has 116 valence electrons. The summed E-state index contributed by atoms with van der Waals surface area (Å²) in [7, 11) is -3.25. The van der Waals surface area contributed by atoms with Gasteiger partial charge in [0.25, 0.3) is 0 Å². The first-order valence-electron chi connectivity index (χ1n) is 6.15. The second-order valence-electron chi connectivity index (χ2n) is 4.47. The number of carbonyl (C=O) groups is 2. The van der Waals surface area contributed by atoms with Crippen molar-refractivity contribution in [2.24, 2.45) is 0 Å². The minimum atomic E-state index is -3.25. The van der Waals surface area contributed by atoms with E-state index in [0.29, 0.717) is 5.75 Å². The van der Waals surface area contributed by atoms with Crippen molar-refractivity contribution in [2.45, 2.75) is 24.3 Å². The number of ether oxygens (including phenoxy) is 1. The number of aliphatic carboxylic acids is 1. The highest BCUT2D eigenvalue weighted by molar-refractivity contribution is 7.90. The van der Waals surface area contributed by atoms with E-state index < -0.39 is 27.8 Å². The van der Waals surface area contributed by atoms with Crippen molar-refractivity contribution in [1.29, 1.82) is 0 Å². The largest absolute Gasteiger partial charge is 0.493 e. The Labute approximate surface area is 122 Å². The fraction of sp³-hybridized carbons (Fsp3) is 0.385. The van der Waals surface area contributed by atoms with Crippen molar-refractivity contribution in [1.82, 2.24) is 5.32 Å². The molecule has 0 unspecified atom stereocenters. The molecule has 0 radical (unpaired) electrons. The lowest BCUT2D eigenvalue weighted by Crippen LogP contribution is -2.38. The SMILES string of the molecule is C[C@H](NC(=O)CCOc1ccc(S(C)(=O)=O)cc1)C(=O)O. The van der Waals surface area contributed by atoms with Crippen LogP contribution in [0.4, 0.5) is 0 Å². The Hall–Kier alpha value is -2.09. The average Bonchev–Trinajstić information content (AvgIpc) is 2.38. The molecular formula is C13H17NO6S. The zero-order chi connectivity index (χ0) is 16.0. The summed E-state index contributed by atoms with van der Waals surface area (Å²) in [4.78, 5) is 22.1. The van der Waals surface area contributed by atoms with Crippen molar-refractivity contribution < 1.29 is 27.9 Å². The van der Waals surface area contributed by atoms with Crippen LogP contribution >= 0.6 is 0 Å². The van der Waals surface area contributed by atoms with Crippen LogP contribution < -0.4 is 10.1 Å². The van der Waals surface area contributed by atoms with Gasteiger partial charge >= 0.3 is 5.97 Å². The summed E-state index contributed by atoms with van der Waals surface area (Å²) in [6.45, 7) is 1.43. The topological polar surface area (TPSA) is 110 Å². The maximum atomic E-state index is 11.4. The molecule has 0 saturated carbocycles. The van der Waals surface area contributed by atoms with Gasteiger partial charge < -0.3 is 15.2 Å². The maximum Gasteiger partial charge on any atom is 0.325 e. The summed E-state index contributed by atoms with van der Waals surface area (Å²) >= 11 is 0. The van der Waals surface area contributed by atoms with Gasteiger partial charge in [-0.05, 0) is 31.2 Å². The number of sulfone groups is 1. The predicted molar refractivity (Wildman–Crippen MR) is 74.9 cm³/mol. The monoisotopic (exact) mass is 315 g/mol. The fourth-order valence-electron chi connectivity index (χ4n) is 1.42. The number of hydrogen-bond acceptors (Lipinski definition) is 5. The van der Waals surface area contributed by atoms with E-state index in [4.69, 9.17) is 9.84 Å². The molecule has 0 aromatic heterocycles. The number of carboxylic acid groups (broad SMARTS) is 1. The zero-order valence-corrected chi connectivity index (χ0v) is 12.5. The molecule has 0 heterocycles. The highest BCUT2D eigenvalue weighted by atomic mass is 32.2. The van der Waals surface area contributed by atoms with Gasteiger partial charge in [0.05, 0.1) is 17.9 Å². The van der Waals surface area contributed by atoms with Gasteiger partial charge in [-0.2, -0.15) is 0 Å². The predicted octanol–water partition coefficient (Wildman–Crippen LogP) is 0.448. The number of rotatable bonds is 7. The molecule has 7 nitrogen and oxygen atoms in total. The second-order valence-corrected chi connectivity index (χ2v) is 6.49. The Bertz CT molecular complexity index is 608. The summed E-state index contributed by atoms with van der Waals surface area (Å²) in [6.07, 6.45) is 1.11. The van der Waals surface area contributed by atoms with Gasteiger partial charge in [-0.1, -0.05) is 0 Å². The average molecular weight is 315 g/mol. The van der Waals surface area contributed by atoms with Crippen LogP contribution in [-0.2, 0) is 19.4 Å².